The zero-order chi connectivity index (χ0) is 15.5. The Labute approximate surface area is 126 Å². The molecule has 1 aliphatic rings. The number of nitrogens with zero attached hydrogens (tertiary/aromatic N) is 1. The van der Waals surface area contributed by atoms with Gasteiger partial charge in [0.2, 0.25) is 5.91 Å². The van der Waals surface area contributed by atoms with Crippen molar-refractivity contribution in [3.63, 3.8) is 0 Å². The Balaban J connectivity index is 2.01. The van der Waals surface area contributed by atoms with Crippen LogP contribution < -0.4 is 5.32 Å². The molecule has 116 valence electrons. The van der Waals surface area contributed by atoms with E-state index < -0.39 is 18.1 Å². The van der Waals surface area contributed by atoms with Gasteiger partial charge in [0.1, 0.15) is 0 Å². The highest BCUT2D eigenvalue weighted by Crippen LogP contribution is 2.33. The second kappa shape index (κ2) is 6.66. The Morgan fingerprint density at radius 3 is 2.62 bits per heavy atom. The van der Waals surface area contributed by atoms with Crippen molar-refractivity contribution in [3.05, 3.63) is 34.9 Å². The first-order chi connectivity index (χ1) is 9.86. The number of halogens is 4. The molecular formula is C14H16ClF3N2O. The third kappa shape index (κ3) is 4.61. The fourth-order valence-electron chi connectivity index (χ4n) is 2.14. The fourth-order valence-corrected chi connectivity index (χ4v) is 2.34. The van der Waals surface area contributed by atoms with E-state index in [0.29, 0.717) is 6.54 Å². The standard InChI is InChI=1S/C14H16ClF3N2O/c15-11-4-1-3-10(9-11)13(14(16,17)18)19-12(21)5-8-20-6-2-7-20/h1,3-4,9,13H,2,5-8H2,(H,19,21)/t13-/m1/s1. The lowest BCUT2D eigenvalue weighted by molar-refractivity contribution is -0.163. The number of carbonyl (C=O) groups is 1. The Bertz CT molecular complexity index is 503. The molecule has 1 heterocycles. The van der Waals surface area contributed by atoms with Crippen LogP contribution in [0, 0.1) is 0 Å². The summed E-state index contributed by atoms with van der Waals surface area (Å²) in [7, 11) is 0. The Morgan fingerprint density at radius 1 is 1.38 bits per heavy atom. The van der Waals surface area contributed by atoms with Gasteiger partial charge in [-0.3, -0.25) is 4.79 Å². The van der Waals surface area contributed by atoms with Gasteiger partial charge in [-0.15, -0.1) is 0 Å². The first kappa shape index (κ1) is 16.1. The Hall–Kier alpha value is -1.27. The van der Waals surface area contributed by atoms with E-state index in [9.17, 15) is 18.0 Å². The molecule has 0 unspecified atom stereocenters. The number of benzene rings is 1. The van der Waals surface area contributed by atoms with Gasteiger partial charge in [0.25, 0.3) is 0 Å². The van der Waals surface area contributed by atoms with Gasteiger partial charge in [-0.05, 0) is 37.2 Å². The first-order valence-corrected chi connectivity index (χ1v) is 7.08. The quantitative estimate of drug-likeness (QED) is 0.904. The molecular weight excluding hydrogens is 305 g/mol. The molecule has 7 heteroatoms. The van der Waals surface area contributed by atoms with Crippen LogP contribution in [-0.4, -0.2) is 36.6 Å². The van der Waals surface area contributed by atoms with Gasteiger partial charge in [-0.2, -0.15) is 13.2 Å². The zero-order valence-electron chi connectivity index (χ0n) is 11.3. The summed E-state index contributed by atoms with van der Waals surface area (Å²) in [5.41, 5.74) is -0.0627. The van der Waals surface area contributed by atoms with Gasteiger partial charge in [0.05, 0.1) is 0 Å². The predicted octanol–water partition coefficient (Wildman–Crippen LogP) is 3.16. The van der Waals surface area contributed by atoms with E-state index in [1.54, 1.807) is 0 Å². The molecule has 2 rings (SSSR count). The molecule has 1 aliphatic heterocycles. The molecule has 1 saturated heterocycles. The lowest BCUT2D eigenvalue weighted by Crippen LogP contribution is -2.42. The average molecular weight is 321 g/mol. The second-order valence-corrected chi connectivity index (χ2v) is 5.48. The van der Waals surface area contributed by atoms with Gasteiger partial charge < -0.3 is 10.2 Å². The minimum atomic E-state index is -4.56. The van der Waals surface area contributed by atoms with Gasteiger partial charge in [0.15, 0.2) is 6.04 Å². The van der Waals surface area contributed by atoms with E-state index in [-0.39, 0.29) is 17.0 Å². The molecule has 0 aliphatic carbocycles. The normalized spacial score (nSPS) is 17.1. The van der Waals surface area contributed by atoms with Crippen molar-refractivity contribution < 1.29 is 18.0 Å². The van der Waals surface area contributed by atoms with Gasteiger partial charge in [0, 0.05) is 18.0 Å². The maximum absolute atomic E-state index is 13.1. The molecule has 1 fully saturated rings. The van der Waals surface area contributed by atoms with Crippen molar-refractivity contribution in [1.29, 1.82) is 0 Å². The number of alkyl halides is 3. The number of carbonyl (C=O) groups excluding carboxylic acids is 1. The highest BCUT2D eigenvalue weighted by molar-refractivity contribution is 6.30. The van der Waals surface area contributed by atoms with Crippen molar-refractivity contribution >= 4 is 17.5 Å². The minimum absolute atomic E-state index is 0.0626. The summed E-state index contributed by atoms with van der Waals surface area (Å²) in [6.07, 6.45) is -3.42. The third-order valence-corrected chi connectivity index (χ3v) is 3.65. The topological polar surface area (TPSA) is 32.3 Å². The van der Waals surface area contributed by atoms with Crippen LogP contribution in [-0.2, 0) is 4.79 Å². The van der Waals surface area contributed by atoms with E-state index >= 15 is 0 Å². The lowest BCUT2D eigenvalue weighted by atomic mass is 10.1. The first-order valence-electron chi connectivity index (χ1n) is 6.70. The summed E-state index contributed by atoms with van der Waals surface area (Å²) in [5.74, 6) is -0.607. The number of likely N-dealkylation sites (tertiary alicyclic amines) is 1. The van der Waals surface area contributed by atoms with Crippen molar-refractivity contribution in [1.82, 2.24) is 10.2 Å². The highest BCUT2D eigenvalue weighted by Gasteiger charge is 2.41. The van der Waals surface area contributed by atoms with Crippen LogP contribution in [0.4, 0.5) is 13.2 Å². The van der Waals surface area contributed by atoms with Crippen LogP contribution in [0.5, 0.6) is 0 Å². The number of hydrogen-bond acceptors (Lipinski definition) is 2. The van der Waals surface area contributed by atoms with Gasteiger partial charge in [-0.25, -0.2) is 0 Å². The summed E-state index contributed by atoms with van der Waals surface area (Å²) < 4.78 is 39.3. The molecule has 3 nitrogen and oxygen atoms in total. The van der Waals surface area contributed by atoms with Crippen LogP contribution in [0.3, 0.4) is 0 Å². The van der Waals surface area contributed by atoms with Gasteiger partial charge in [-0.1, -0.05) is 23.7 Å². The van der Waals surface area contributed by atoms with E-state index in [1.807, 2.05) is 4.90 Å². The molecule has 0 aromatic heterocycles. The van der Waals surface area contributed by atoms with Crippen LogP contribution in [0.2, 0.25) is 5.02 Å². The van der Waals surface area contributed by atoms with Crippen molar-refractivity contribution in [2.75, 3.05) is 19.6 Å². The molecule has 0 saturated carbocycles. The minimum Gasteiger partial charge on any atom is -0.341 e. The second-order valence-electron chi connectivity index (χ2n) is 5.04. The van der Waals surface area contributed by atoms with Crippen LogP contribution in [0.25, 0.3) is 0 Å². The molecule has 0 radical (unpaired) electrons. The molecule has 1 aromatic rings. The van der Waals surface area contributed by atoms with Crippen LogP contribution in [0.1, 0.15) is 24.4 Å². The SMILES string of the molecule is O=C(CCN1CCC1)N[C@H](c1cccc(Cl)c1)C(F)(F)F. The van der Waals surface area contributed by atoms with E-state index in [1.165, 1.54) is 24.3 Å². The molecule has 21 heavy (non-hydrogen) atoms. The summed E-state index contributed by atoms with van der Waals surface area (Å²) in [5, 5.41) is 2.26. The smallest absolute Gasteiger partial charge is 0.341 e. The lowest BCUT2D eigenvalue weighted by Gasteiger charge is -2.30. The molecule has 1 atom stereocenters. The maximum atomic E-state index is 13.1. The van der Waals surface area contributed by atoms with Crippen molar-refractivity contribution in [2.24, 2.45) is 0 Å². The van der Waals surface area contributed by atoms with Crippen molar-refractivity contribution in [3.8, 4) is 0 Å². The molecule has 1 N–H and O–H groups in total. The largest absolute Gasteiger partial charge is 0.412 e. The van der Waals surface area contributed by atoms with Crippen molar-refractivity contribution in [2.45, 2.75) is 25.1 Å². The number of hydrogen-bond donors (Lipinski definition) is 1. The summed E-state index contributed by atoms with van der Waals surface area (Å²) in [6, 6.07) is 3.42. The zero-order valence-corrected chi connectivity index (χ0v) is 12.0. The number of nitrogens with one attached hydrogen (secondary N) is 1. The molecule has 0 spiro atoms. The average Bonchev–Trinajstić information content (AvgIpc) is 2.32. The van der Waals surface area contributed by atoms with Gasteiger partial charge >= 0.3 is 6.18 Å². The monoisotopic (exact) mass is 320 g/mol. The van der Waals surface area contributed by atoms with E-state index in [4.69, 9.17) is 11.6 Å². The van der Waals surface area contributed by atoms with Crippen LogP contribution in [0.15, 0.2) is 24.3 Å². The highest BCUT2D eigenvalue weighted by atomic mass is 35.5. The number of amides is 1. The Morgan fingerprint density at radius 2 is 2.10 bits per heavy atom. The third-order valence-electron chi connectivity index (χ3n) is 3.42. The number of rotatable bonds is 5. The molecule has 0 bridgehead atoms. The summed E-state index contributed by atoms with van der Waals surface area (Å²) in [4.78, 5) is 13.8. The Kier molecular flexibility index (Phi) is 5.11. The maximum Gasteiger partial charge on any atom is 0.412 e. The summed E-state index contributed by atoms with van der Waals surface area (Å²) in [6.45, 7) is 2.31. The summed E-state index contributed by atoms with van der Waals surface area (Å²) >= 11 is 5.72. The molecule has 1 amide bonds. The van der Waals surface area contributed by atoms with Crippen LogP contribution >= 0.6 is 11.6 Å². The predicted molar refractivity (Wildman–Crippen MR) is 74.1 cm³/mol. The van der Waals surface area contributed by atoms with E-state index in [0.717, 1.165) is 19.5 Å². The molecule has 1 aromatic carbocycles. The van der Waals surface area contributed by atoms with E-state index in [2.05, 4.69) is 5.32 Å². The fraction of sp³-hybridized carbons (Fsp3) is 0.500.